The van der Waals surface area contributed by atoms with E-state index in [-0.39, 0.29) is 158 Å². The number of thiophene rings is 1. The quantitative estimate of drug-likeness (QED) is 0.0266. The van der Waals surface area contributed by atoms with Gasteiger partial charge >= 0.3 is 75.4 Å². The predicted molar refractivity (Wildman–Crippen MR) is 249 cm³/mol. The van der Waals surface area contributed by atoms with Gasteiger partial charge in [0.15, 0.2) is 16.6 Å². The Morgan fingerprint density at radius 1 is 0.622 bits per heavy atom. The largest absolute Gasteiger partial charge is 1.00 e. The number of fused-ring (bicyclic) bond motifs is 2. The van der Waals surface area contributed by atoms with Crippen LogP contribution in [0.1, 0.15) is 16.7 Å². The zero-order chi connectivity index (χ0) is 50.0. The van der Waals surface area contributed by atoms with Gasteiger partial charge < -0.3 is 29.5 Å². The van der Waals surface area contributed by atoms with Crippen molar-refractivity contribution in [3.05, 3.63) is 138 Å². The first-order valence-corrected chi connectivity index (χ1v) is 25.3. The molecule has 8 aromatic rings. The zero-order valence-electron chi connectivity index (χ0n) is 39.1. The van der Waals surface area contributed by atoms with Crippen molar-refractivity contribution in [1.82, 2.24) is 4.98 Å². The molecule has 74 heavy (non-hydrogen) atoms. The molecular weight excluding hydrogens is 1030 g/mol. The third-order valence-electron chi connectivity index (χ3n) is 10.2. The first-order chi connectivity index (χ1) is 33.4. The summed E-state index contributed by atoms with van der Waals surface area (Å²) < 4.78 is 111. The molecule has 21 nitrogen and oxygen atoms in total. The summed E-state index contributed by atoms with van der Waals surface area (Å²) in [5, 5.41) is 61.1. The van der Waals surface area contributed by atoms with Crippen LogP contribution in [0, 0.1) is 29.6 Å². The number of nitrogens with zero attached hydrogens (tertiary/aromatic N) is 7. The van der Waals surface area contributed by atoms with Gasteiger partial charge in [0.2, 0.25) is 0 Å². The van der Waals surface area contributed by atoms with Crippen LogP contribution < -0.4 is 91.3 Å². The molecule has 0 unspecified atom stereocenters. The Morgan fingerprint density at radius 3 is 1.77 bits per heavy atom. The first kappa shape index (κ1) is 61.4. The second-order valence-electron chi connectivity index (χ2n) is 14.5. The van der Waals surface area contributed by atoms with Crippen LogP contribution in [-0.2, 0) is 39.7 Å². The van der Waals surface area contributed by atoms with E-state index in [4.69, 9.17) is 0 Å². The van der Waals surface area contributed by atoms with E-state index in [1.54, 1.807) is 6.07 Å². The smallest absolute Gasteiger partial charge is 0.744 e. The summed E-state index contributed by atoms with van der Waals surface area (Å²) in [5.74, 6) is -0.157. The molecule has 0 saturated heterocycles. The van der Waals surface area contributed by atoms with E-state index < -0.39 is 45.0 Å². The fourth-order valence-electron chi connectivity index (χ4n) is 6.98. The van der Waals surface area contributed by atoms with Gasteiger partial charge in [-0.05, 0) is 101 Å². The molecule has 0 amide bonds. The maximum Gasteiger partial charge on any atom is 1.00 e. The molecule has 352 valence electrons. The Kier molecular flexibility index (Phi) is 21.2. The van der Waals surface area contributed by atoms with Crippen LogP contribution >= 0.6 is 23.4 Å². The number of hydrogen-bond donors (Lipinski definition) is 2. The van der Waals surface area contributed by atoms with Crippen LogP contribution in [0.5, 0.6) is 0 Å². The molecule has 6 aromatic carbocycles. The summed E-state index contributed by atoms with van der Waals surface area (Å²) in [4.78, 5) is 3.09. The molecular formula is C44H25Li4N9O12S5. The van der Waals surface area contributed by atoms with Crippen molar-refractivity contribution in [2.75, 3.05) is 10.6 Å². The van der Waals surface area contributed by atoms with Crippen LogP contribution in [0.15, 0.2) is 161 Å². The number of benzene rings is 6. The van der Waals surface area contributed by atoms with Crippen LogP contribution in [0.3, 0.4) is 0 Å². The van der Waals surface area contributed by atoms with Gasteiger partial charge in [0.25, 0.3) is 0 Å². The molecule has 0 atom stereocenters. The average Bonchev–Trinajstić information content (AvgIpc) is 3.68. The Bertz CT molecular complexity index is 3920. The van der Waals surface area contributed by atoms with Crippen molar-refractivity contribution in [2.45, 2.75) is 26.5 Å². The average molecular weight is 1060 g/mol. The van der Waals surface area contributed by atoms with Gasteiger partial charge in [-0.2, -0.15) is 14.9 Å². The molecule has 2 heterocycles. The molecule has 0 saturated carbocycles. The number of rotatable bonds is 15. The Labute approximate surface area is 478 Å². The van der Waals surface area contributed by atoms with Crippen molar-refractivity contribution in [1.29, 1.82) is 10.5 Å². The summed E-state index contributed by atoms with van der Waals surface area (Å²) in [6, 6.07) is 33.0. The van der Waals surface area contributed by atoms with Crippen LogP contribution in [-0.4, -0.2) is 43.9 Å². The van der Waals surface area contributed by atoms with Crippen LogP contribution in [0.4, 0.5) is 44.4 Å². The topological polar surface area (TPSA) is 347 Å². The van der Waals surface area contributed by atoms with Crippen molar-refractivity contribution in [3.8, 4) is 23.3 Å². The van der Waals surface area contributed by atoms with E-state index in [1.165, 1.54) is 55.5 Å². The van der Waals surface area contributed by atoms with E-state index in [0.29, 0.717) is 17.6 Å². The van der Waals surface area contributed by atoms with E-state index in [0.717, 1.165) is 52.4 Å². The van der Waals surface area contributed by atoms with Gasteiger partial charge in [0.1, 0.15) is 58.7 Å². The molecule has 2 aromatic heterocycles. The molecule has 0 bridgehead atoms. The number of nitriles is 2. The SMILES string of the molecule is Cc1c(C#N)c(Nc2ccc(S(=O)(=O)[O-])cc2)nc(Nc2ccc(S(=O)(=O)[O-])cc2)c1N=Nc1sc(N=Nc2cc(SOO[O-])c3cccc(S(=O)(=O)[O-])c3c2)c(-c2ccc3ccccc3c2)c1C#N.[Li+].[Li+].[Li+].[Li+]. The molecule has 0 fully saturated rings. The maximum atomic E-state index is 12.3. The van der Waals surface area contributed by atoms with E-state index in [9.17, 15) is 54.7 Å². The molecule has 2 N–H and O–H groups in total. The molecule has 8 rings (SSSR count). The van der Waals surface area contributed by atoms with Crippen molar-refractivity contribution in [3.63, 3.8) is 0 Å². The number of nitrogens with one attached hydrogen (secondary N) is 2. The monoisotopic (exact) mass is 1060 g/mol. The maximum absolute atomic E-state index is 12.3. The normalized spacial score (nSPS) is 11.5. The summed E-state index contributed by atoms with van der Waals surface area (Å²) in [6.45, 7) is 1.51. The minimum atomic E-state index is -5.02. The Morgan fingerprint density at radius 2 is 1.20 bits per heavy atom. The van der Waals surface area contributed by atoms with Crippen molar-refractivity contribution < 1.29 is 129 Å². The number of hydrogen-bond acceptors (Lipinski definition) is 23. The van der Waals surface area contributed by atoms with Gasteiger partial charge in [-0.15, -0.1) is 20.5 Å². The molecule has 30 heteroatoms. The Balaban J connectivity index is 0.00000296. The first-order valence-electron chi connectivity index (χ1n) is 19.5. The van der Waals surface area contributed by atoms with Gasteiger partial charge in [-0.25, -0.2) is 30.2 Å². The van der Waals surface area contributed by atoms with Gasteiger partial charge in [-0.3, -0.25) is 5.04 Å². The fraction of sp³-hybridized carbons (Fsp3) is 0.0227. The summed E-state index contributed by atoms with van der Waals surface area (Å²) in [5.41, 5.74) is 1.19. The minimum Gasteiger partial charge on any atom is -0.744 e. The third-order valence-corrected chi connectivity index (χ3v) is 14.4. The third kappa shape index (κ3) is 13.8. The molecule has 0 radical (unpaired) electrons. The summed E-state index contributed by atoms with van der Waals surface area (Å²) >= 11 is 1.29. The number of azo groups is 2. The second kappa shape index (κ2) is 25.6. The standard InChI is InChI=1S/C44H29N9O12S5.4Li/c1-24-35(22-45)41(47-28-11-15-31(16-12-28)68(55,56)57)49-42(48-29-13-17-32(18-14-29)69(58,59)60)40(24)51-52-43-36(23-46)39(27-10-9-25-5-2-3-6-26(25)19-27)44(66-43)53-50-30-20-34-33(37(21-30)67-65-64-54)7-4-8-38(34)70(61,62)63;;;;/h2-21,54H,1H3,(H2,47,48,49)(H,55,56,57)(H,58,59,60)(H,61,62,63);;;;/q;4*+1/p-4. The summed E-state index contributed by atoms with van der Waals surface area (Å²) in [6.07, 6.45) is 0. The molecule has 0 aliphatic carbocycles. The summed E-state index contributed by atoms with van der Waals surface area (Å²) in [7, 11) is -14.6. The van der Waals surface area contributed by atoms with Gasteiger partial charge in [0, 0.05) is 32.8 Å². The van der Waals surface area contributed by atoms with Crippen molar-refractivity contribution in [2.24, 2.45) is 20.5 Å². The van der Waals surface area contributed by atoms with E-state index in [2.05, 4.69) is 57.6 Å². The molecule has 0 aliphatic heterocycles. The zero-order valence-corrected chi connectivity index (χ0v) is 43.2. The number of pyridine rings is 1. The van der Waals surface area contributed by atoms with Crippen LogP contribution in [0.2, 0.25) is 0 Å². The van der Waals surface area contributed by atoms with Crippen molar-refractivity contribution >= 4 is 120 Å². The predicted octanol–water partition coefficient (Wildman–Crippen LogP) is -2.55. The Hall–Kier alpha value is -5.18. The molecule has 0 spiro atoms. The fourth-order valence-corrected chi connectivity index (χ4v) is 10.1. The second-order valence-corrected chi connectivity index (χ2v) is 20.3. The van der Waals surface area contributed by atoms with Gasteiger partial charge in [0.05, 0.1) is 38.0 Å². The minimum absolute atomic E-state index is 0. The number of aromatic nitrogens is 1. The number of anilines is 4. The van der Waals surface area contributed by atoms with E-state index >= 15 is 0 Å². The van der Waals surface area contributed by atoms with E-state index in [1.807, 2.05) is 36.4 Å². The molecule has 0 aliphatic rings. The van der Waals surface area contributed by atoms with Crippen LogP contribution in [0.25, 0.3) is 32.7 Å². The van der Waals surface area contributed by atoms with Gasteiger partial charge in [-0.1, -0.05) is 59.9 Å².